The van der Waals surface area contributed by atoms with Crippen LogP contribution in [-0.4, -0.2) is 27.1 Å². The van der Waals surface area contributed by atoms with Gasteiger partial charge in [0.05, 0.1) is 13.1 Å². The molecule has 0 atom stereocenters. The second kappa shape index (κ2) is 8.56. The highest BCUT2D eigenvalue weighted by molar-refractivity contribution is 14.0. The minimum atomic E-state index is -4.70. The number of benzene rings is 1. The standard InChI is InChI=1S/C15H17F3N6O.HI/c16-15(17,18)25-11-5-3-10(4-6-11)8-20-14(19)21-9-13-23-22-12-2-1-7-24(12)13;/h3-6H,1-2,7-9H2,(H3,19,20,21);1H. The number of hydrogen-bond acceptors (Lipinski definition) is 4. The minimum Gasteiger partial charge on any atom is -0.406 e. The van der Waals surface area contributed by atoms with Crippen LogP contribution in [0.4, 0.5) is 13.2 Å². The molecule has 0 bridgehead atoms. The Labute approximate surface area is 164 Å². The van der Waals surface area contributed by atoms with Crippen LogP contribution in [0.15, 0.2) is 29.3 Å². The van der Waals surface area contributed by atoms with Crippen molar-refractivity contribution in [2.45, 2.75) is 38.8 Å². The summed E-state index contributed by atoms with van der Waals surface area (Å²) in [4.78, 5) is 4.15. The number of aryl methyl sites for hydroxylation is 1. The number of halogens is 4. The van der Waals surface area contributed by atoms with E-state index >= 15 is 0 Å². The maximum atomic E-state index is 12.1. The highest BCUT2D eigenvalue weighted by Gasteiger charge is 2.30. The van der Waals surface area contributed by atoms with Crippen LogP contribution in [-0.2, 0) is 26.1 Å². The number of guanidine groups is 1. The van der Waals surface area contributed by atoms with E-state index in [1.165, 1.54) is 24.3 Å². The fourth-order valence-electron chi connectivity index (χ4n) is 2.54. The maximum Gasteiger partial charge on any atom is 0.573 e. The number of nitrogens with one attached hydrogen (secondary N) is 1. The van der Waals surface area contributed by atoms with Gasteiger partial charge in [-0.3, -0.25) is 0 Å². The quantitative estimate of drug-likeness (QED) is 0.388. The Kier molecular flexibility index (Phi) is 6.67. The third-order valence-corrected chi connectivity index (χ3v) is 3.70. The molecule has 0 saturated heterocycles. The molecular weight excluding hydrogens is 464 g/mol. The second-order valence-electron chi connectivity index (χ2n) is 5.53. The van der Waals surface area contributed by atoms with Crippen molar-refractivity contribution >= 4 is 29.9 Å². The fourth-order valence-corrected chi connectivity index (χ4v) is 2.54. The Balaban J connectivity index is 0.00000243. The van der Waals surface area contributed by atoms with Crippen molar-refractivity contribution < 1.29 is 17.9 Å². The van der Waals surface area contributed by atoms with Gasteiger partial charge in [0.25, 0.3) is 0 Å². The fraction of sp³-hybridized carbons (Fsp3) is 0.400. The summed E-state index contributed by atoms with van der Waals surface area (Å²) in [7, 11) is 0. The van der Waals surface area contributed by atoms with Gasteiger partial charge in [-0.15, -0.1) is 47.3 Å². The largest absolute Gasteiger partial charge is 0.573 e. The van der Waals surface area contributed by atoms with Crippen molar-refractivity contribution in [1.29, 1.82) is 0 Å². The lowest BCUT2D eigenvalue weighted by Crippen LogP contribution is -2.32. The summed E-state index contributed by atoms with van der Waals surface area (Å²) in [5.41, 5.74) is 6.52. The van der Waals surface area contributed by atoms with Crippen molar-refractivity contribution in [3.63, 3.8) is 0 Å². The number of ether oxygens (including phenoxy) is 1. The van der Waals surface area contributed by atoms with Gasteiger partial charge in [0, 0.05) is 13.0 Å². The van der Waals surface area contributed by atoms with E-state index in [0.717, 1.165) is 31.0 Å². The molecule has 0 fully saturated rings. The van der Waals surface area contributed by atoms with Crippen LogP contribution in [0.1, 0.15) is 23.6 Å². The minimum absolute atomic E-state index is 0. The summed E-state index contributed by atoms with van der Waals surface area (Å²) in [5.74, 6) is 1.74. The van der Waals surface area contributed by atoms with Gasteiger partial charge in [0.15, 0.2) is 11.8 Å². The van der Waals surface area contributed by atoms with Crippen molar-refractivity contribution in [2.75, 3.05) is 0 Å². The topological polar surface area (TPSA) is 90.3 Å². The van der Waals surface area contributed by atoms with E-state index in [4.69, 9.17) is 5.73 Å². The zero-order valence-electron chi connectivity index (χ0n) is 13.7. The summed E-state index contributed by atoms with van der Waals surface area (Å²) >= 11 is 0. The third-order valence-electron chi connectivity index (χ3n) is 3.70. The highest BCUT2D eigenvalue weighted by Crippen LogP contribution is 2.22. The normalized spacial score (nSPS) is 13.9. The molecule has 0 spiro atoms. The number of aliphatic imine (C=N–C) groups is 1. The van der Waals surface area contributed by atoms with Gasteiger partial charge in [-0.05, 0) is 24.1 Å². The Hall–Kier alpha value is -2.05. The Morgan fingerprint density at radius 3 is 2.69 bits per heavy atom. The summed E-state index contributed by atoms with van der Waals surface area (Å²) in [6, 6.07) is 5.48. The Morgan fingerprint density at radius 1 is 1.27 bits per heavy atom. The van der Waals surface area contributed by atoms with Crippen LogP contribution < -0.4 is 15.8 Å². The molecule has 1 aromatic heterocycles. The summed E-state index contributed by atoms with van der Waals surface area (Å²) in [6.45, 7) is 1.56. The van der Waals surface area contributed by atoms with Crippen LogP contribution in [0, 0.1) is 0 Å². The molecule has 1 aromatic carbocycles. The lowest BCUT2D eigenvalue weighted by Gasteiger charge is -2.09. The monoisotopic (exact) mass is 482 g/mol. The molecule has 1 aliphatic rings. The second-order valence-corrected chi connectivity index (χ2v) is 5.53. The van der Waals surface area contributed by atoms with E-state index < -0.39 is 6.36 Å². The molecule has 11 heteroatoms. The lowest BCUT2D eigenvalue weighted by atomic mass is 10.2. The number of nitrogens with zero attached hydrogens (tertiary/aromatic N) is 4. The Morgan fingerprint density at radius 2 is 2.00 bits per heavy atom. The molecule has 0 saturated carbocycles. The molecule has 26 heavy (non-hydrogen) atoms. The molecule has 1 aliphatic heterocycles. The smallest absolute Gasteiger partial charge is 0.406 e. The molecule has 0 aliphatic carbocycles. The molecular formula is C15H18F3IN6O. The van der Waals surface area contributed by atoms with E-state index in [-0.39, 0.29) is 42.2 Å². The first-order valence-corrected chi connectivity index (χ1v) is 7.70. The number of aromatic nitrogens is 3. The van der Waals surface area contributed by atoms with Crippen molar-refractivity contribution in [3.8, 4) is 5.75 Å². The number of nitrogens with two attached hydrogens (primary N) is 1. The first-order chi connectivity index (χ1) is 11.9. The summed E-state index contributed by atoms with van der Waals surface area (Å²) in [5, 5.41) is 11.2. The van der Waals surface area contributed by atoms with Crippen LogP contribution >= 0.6 is 24.0 Å². The van der Waals surface area contributed by atoms with E-state index in [0.29, 0.717) is 12.1 Å². The van der Waals surface area contributed by atoms with Gasteiger partial charge in [-0.25, -0.2) is 4.99 Å². The maximum absolute atomic E-state index is 12.1. The van der Waals surface area contributed by atoms with Crippen LogP contribution in [0.3, 0.4) is 0 Å². The average molecular weight is 482 g/mol. The van der Waals surface area contributed by atoms with Crippen molar-refractivity contribution in [2.24, 2.45) is 10.7 Å². The van der Waals surface area contributed by atoms with Gasteiger partial charge >= 0.3 is 6.36 Å². The van der Waals surface area contributed by atoms with Crippen molar-refractivity contribution in [1.82, 2.24) is 20.1 Å². The van der Waals surface area contributed by atoms with Gasteiger partial charge in [0.2, 0.25) is 0 Å². The molecule has 0 unspecified atom stereocenters. The number of hydrogen-bond donors (Lipinski definition) is 2. The number of fused-ring (bicyclic) bond motifs is 1. The molecule has 3 rings (SSSR count). The van der Waals surface area contributed by atoms with Gasteiger partial charge in [-0.2, -0.15) is 0 Å². The molecule has 7 nitrogen and oxygen atoms in total. The van der Waals surface area contributed by atoms with E-state index in [2.05, 4.69) is 29.8 Å². The van der Waals surface area contributed by atoms with E-state index in [1.807, 2.05) is 0 Å². The first-order valence-electron chi connectivity index (χ1n) is 7.70. The first kappa shape index (κ1) is 20.3. The molecule has 142 valence electrons. The lowest BCUT2D eigenvalue weighted by molar-refractivity contribution is -0.274. The van der Waals surface area contributed by atoms with Crippen LogP contribution in [0.2, 0.25) is 0 Å². The van der Waals surface area contributed by atoms with E-state index in [9.17, 15) is 13.2 Å². The summed E-state index contributed by atoms with van der Waals surface area (Å²) < 4.78 is 42.2. The van der Waals surface area contributed by atoms with E-state index in [1.54, 1.807) is 0 Å². The van der Waals surface area contributed by atoms with Crippen molar-refractivity contribution in [3.05, 3.63) is 41.5 Å². The summed E-state index contributed by atoms with van der Waals surface area (Å²) in [6.07, 6.45) is -2.70. The zero-order valence-corrected chi connectivity index (χ0v) is 16.0. The third kappa shape index (κ3) is 5.47. The molecule has 3 N–H and O–H groups in total. The molecule has 0 amide bonds. The van der Waals surface area contributed by atoms with Gasteiger partial charge in [0.1, 0.15) is 11.6 Å². The number of alkyl halides is 3. The molecule has 2 aromatic rings. The molecule has 2 heterocycles. The Bertz CT molecular complexity index is 760. The van der Waals surface area contributed by atoms with Gasteiger partial charge < -0.3 is 20.4 Å². The predicted octanol–water partition coefficient (Wildman–Crippen LogP) is 2.35. The molecule has 0 radical (unpaired) electrons. The SMILES string of the molecule is I.NC(=NCc1ccc(OC(F)(F)F)cc1)NCc1nnc2n1CCC2. The highest BCUT2D eigenvalue weighted by atomic mass is 127. The van der Waals surface area contributed by atoms with Gasteiger partial charge in [-0.1, -0.05) is 12.1 Å². The predicted molar refractivity (Wildman–Crippen MR) is 99.0 cm³/mol. The van der Waals surface area contributed by atoms with Crippen LogP contribution in [0.5, 0.6) is 5.75 Å². The average Bonchev–Trinajstić information content (AvgIpc) is 3.14. The zero-order chi connectivity index (χ0) is 17.9. The number of rotatable bonds is 5. The van der Waals surface area contributed by atoms with Crippen LogP contribution in [0.25, 0.3) is 0 Å².